The molecule has 0 spiro atoms. The van der Waals surface area contributed by atoms with Crippen LogP contribution in [0.5, 0.6) is 0 Å². The lowest BCUT2D eigenvalue weighted by Crippen LogP contribution is -2.42. The second kappa shape index (κ2) is 6.38. The van der Waals surface area contributed by atoms with E-state index >= 15 is 0 Å². The zero-order valence-corrected chi connectivity index (χ0v) is 13.2. The number of halogens is 2. The van der Waals surface area contributed by atoms with Crippen molar-refractivity contribution in [2.45, 2.75) is 19.6 Å². The van der Waals surface area contributed by atoms with Crippen LogP contribution in [0.25, 0.3) is 0 Å². The molecule has 1 aliphatic heterocycles. The number of hydrogen-bond donors (Lipinski definition) is 2. The van der Waals surface area contributed by atoms with Gasteiger partial charge in [0, 0.05) is 26.1 Å². The predicted octanol–water partition coefficient (Wildman–Crippen LogP) is 1.70. The molecule has 0 amide bonds. The van der Waals surface area contributed by atoms with Gasteiger partial charge < -0.3 is 19.9 Å². The number of anilines is 1. The van der Waals surface area contributed by atoms with E-state index in [2.05, 4.69) is 0 Å². The predicted molar refractivity (Wildman–Crippen MR) is 77.9 cm³/mol. The molecule has 0 aromatic heterocycles. The highest BCUT2D eigenvalue weighted by atomic mass is 19.2. The molecule has 0 atom stereocenters. The van der Waals surface area contributed by atoms with Gasteiger partial charge in [0.15, 0.2) is 22.9 Å². The summed E-state index contributed by atoms with van der Waals surface area (Å²) in [5.74, 6) is -9.53. The molecule has 1 fully saturated rings. The van der Waals surface area contributed by atoms with Crippen LogP contribution in [0.15, 0.2) is 17.8 Å². The summed E-state index contributed by atoms with van der Waals surface area (Å²) in [6.07, 6.45) is 0.533. The highest BCUT2D eigenvalue weighted by Crippen LogP contribution is 2.32. The number of hydrogen-bond acceptors (Lipinski definition) is 8. The third-order valence-corrected chi connectivity index (χ3v) is 3.09. The minimum atomic E-state index is -1.92. The van der Waals surface area contributed by atoms with Gasteiger partial charge in [-0.05, 0) is 0 Å². The largest absolute Gasteiger partial charge is 0.478 e. The van der Waals surface area contributed by atoms with Gasteiger partial charge in [-0.25, -0.2) is 23.2 Å². The van der Waals surface area contributed by atoms with Crippen LogP contribution < -0.4 is 5.32 Å². The molecule has 12 heteroatoms. The number of carboxylic acid groups (broad SMARTS) is 1. The summed E-state index contributed by atoms with van der Waals surface area (Å²) in [4.78, 5) is 44.2. The zero-order chi connectivity index (χ0) is 19.8. The number of carbonyl (C=O) groups excluding carboxylic acids is 2. The van der Waals surface area contributed by atoms with Crippen LogP contribution in [0.4, 0.5) is 20.2 Å². The fraction of sp³-hybridized carbons (Fsp3) is 0.214. The lowest BCUT2D eigenvalue weighted by molar-refractivity contribution is -0.384. The van der Waals surface area contributed by atoms with Gasteiger partial charge in [-0.2, -0.15) is 0 Å². The summed E-state index contributed by atoms with van der Waals surface area (Å²) in [7, 11) is 0. The Kier molecular flexibility index (Phi) is 4.61. The molecular formula is C14H10F2N2O8. The molecule has 0 aliphatic carbocycles. The van der Waals surface area contributed by atoms with Gasteiger partial charge in [0.1, 0.15) is 5.56 Å². The first kappa shape index (κ1) is 18.8. The van der Waals surface area contributed by atoms with Crippen molar-refractivity contribution >= 4 is 29.3 Å². The Bertz CT molecular complexity index is 856. The maximum atomic E-state index is 14.0. The first-order chi connectivity index (χ1) is 11.9. The summed E-state index contributed by atoms with van der Waals surface area (Å²) in [6, 6.07) is 0.294. The van der Waals surface area contributed by atoms with Gasteiger partial charge in [0.25, 0.3) is 11.5 Å². The molecule has 1 aromatic rings. The van der Waals surface area contributed by atoms with E-state index < -0.39 is 62.8 Å². The number of carbonyl (C=O) groups is 3. The number of cyclic esters (lactones) is 2. The van der Waals surface area contributed by atoms with E-state index in [0.717, 1.165) is 0 Å². The topological polar surface area (TPSA) is 145 Å². The molecule has 0 bridgehead atoms. The van der Waals surface area contributed by atoms with E-state index in [0.29, 0.717) is 12.3 Å². The molecule has 10 nitrogen and oxygen atoms in total. The van der Waals surface area contributed by atoms with E-state index in [-0.39, 0.29) is 0 Å². The molecule has 0 radical (unpaired) electrons. The SMILES string of the molecule is CC1(C)OC(=O)C(=CNc2c([N+](=O)[O-])cc(C(=O)O)c(F)c2F)C(=O)O1. The van der Waals surface area contributed by atoms with Crippen molar-refractivity contribution in [3.05, 3.63) is 45.2 Å². The number of nitrogens with one attached hydrogen (secondary N) is 1. The van der Waals surface area contributed by atoms with Crippen molar-refractivity contribution < 1.29 is 42.7 Å². The van der Waals surface area contributed by atoms with Crippen molar-refractivity contribution in [3.8, 4) is 0 Å². The molecule has 138 valence electrons. The third-order valence-electron chi connectivity index (χ3n) is 3.09. The van der Waals surface area contributed by atoms with E-state index in [4.69, 9.17) is 14.6 Å². The molecule has 2 N–H and O–H groups in total. The zero-order valence-electron chi connectivity index (χ0n) is 13.2. The van der Waals surface area contributed by atoms with Crippen molar-refractivity contribution in [3.63, 3.8) is 0 Å². The lowest BCUT2D eigenvalue weighted by atomic mass is 10.1. The van der Waals surface area contributed by atoms with E-state index in [1.807, 2.05) is 5.32 Å². The fourth-order valence-corrected chi connectivity index (χ4v) is 1.97. The summed E-state index contributed by atoms with van der Waals surface area (Å²) in [6.45, 7) is 2.55. The van der Waals surface area contributed by atoms with Gasteiger partial charge in [-0.1, -0.05) is 0 Å². The minimum Gasteiger partial charge on any atom is -0.478 e. The first-order valence-electron chi connectivity index (χ1n) is 6.77. The van der Waals surface area contributed by atoms with Crippen LogP contribution >= 0.6 is 0 Å². The number of carboxylic acids is 1. The summed E-state index contributed by atoms with van der Waals surface area (Å²) >= 11 is 0. The standard InChI is InChI=1S/C14H10F2N2O8/c1-14(2)25-12(21)6(13(22)26-14)4-17-10-7(18(23)24)3-5(11(19)20)8(15)9(10)16/h3-4,17H,1-2H3,(H,19,20). The third kappa shape index (κ3) is 3.43. The number of nitro groups is 1. The Balaban J connectivity index is 2.48. The number of nitrogens with zero attached hydrogens (tertiary/aromatic N) is 1. The number of esters is 2. The van der Waals surface area contributed by atoms with E-state index in [1.54, 1.807) is 0 Å². The molecule has 0 unspecified atom stereocenters. The van der Waals surface area contributed by atoms with Gasteiger partial charge in [-0.3, -0.25) is 10.1 Å². The van der Waals surface area contributed by atoms with Crippen LogP contribution in [0.3, 0.4) is 0 Å². The summed E-state index contributed by atoms with van der Waals surface area (Å²) in [5.41, 5.74) is -4.24. The average molecular weight is 372 g/mol. The van der Waals surface area contributed by atoms with Crippen molar-refractivity contribution in [1.29, 1.82) is 0 Å². The first-order valence-corrected chi connectivity index (χ1v) is 6.77. The second-order valence-corrected chi connectivity index (χ2v) is 5.39. The quantitative estimate of drug-likeness (QED) is 0.265. The lowest BCUT2D eigenvalue weighted by Gasteiger charge is -2.29. The Morgan fingerprint density at radius 3 is 2.27 bits per heavy atom. The normalized spacial score (nSPS) is 15.8. The van der Waals surface area contributed by atoms with Crippen LogP contribution in [-0.4, -0.2) is 33.7 Å². The highest BCUT2D eigenvalue weighted by molar-refractivity contribution is 6.15. The van der Waals surface area contributed by atoms with Crippen molar-refractivity contribution in [2.24, 2.45) is 0 Å². The minimum absolute atomic E-state index is 0.294. The van der Waals surface area contributed by atoms with Crippen molar-refractivity contribution in [1.82, 2.24) is 0 Å². The van der Waals surface area contributed by atoms with E-state index in [9.17, 15) is 33.3 Å². The van der Waals surface area contributed by atoms with Crippen LogP contribution in [0.2, 0.25) is 0 Å². The second-order valence-electron chi connectivity index (χ2n) is 5.39. The Labute approximate surface area is 143 Å². The van der Waals surface area contributed by atoms with Crippen LogP contribution in [-0.2, 0) is 19.1 Å². The smallest absolute Gasteiger partial charge is 0.350 e. The molecule has 1 heterocycles. The summed E-state index contributed by atoms with van der Waals surface area (Å²) < 4.78 is 37.3. The molecule has 1 aromatic carbocycles. The van der Waals surface area contributed by atoms with Gasteiger partial charge >= 0.3 is 17.9 Å². The average Bonchev–Trinajstić information content (AvgIpc) is 2.48. The maximum Gasteiger partial charge on any atom is 0.350 e. The Hall–Kier alpha value is -3.57. The number of rotatable bonds is 4. The van der Waals surface area contributed by atoms with E-state index in [1.165, 1.54) is 13.8 Å². The highest BCUT2D eigenvalue weighted by Gasteiger charge is 2.39. The molecular weight excluding hydrogens is 362 g/mol. The van der Waals surface area contributed by atoms with Crippen molar-refractivity contribution in [2.75, 3.05) is 5.32 Å². The molecule has 1 aliphatic rings. The van der Waals surface area contributed by atoms with Gasteiger partial charge in [0.05, 0.1) is 4.92 Å². The molecule has 0 saturated carbocycles. The summed E-state index contributed by atoms with van der Waals surface area (Å²) in [5, 5.41) is 21.7. The fourth-order valence-electron chi connectivity index (χ4n) is 1.97. The number of aromatic carboxylic acids is 1. The van der Waals surface area contributed by atoms with Crippen LogP contribution in [0, 0.1) is 21.7 Å². The molecule has 2 rings (SSSR count). The Morgan fingerprint density at radius 2 is 1.81 bits per heavy atom. The maximum absolute atomic E-state index is 14.0. The number of ether oxygens (including phenoxy) is 2. The van der Waals surface area contributed by atoms with Crippen LogP contribution in [0.1, 0.15) is 24.2 Å². The van der Waals surface area contributed by atoms with Gasteiger partial charge in [0.2, 0.25) is 0 Å². The number of benzene rings is 1. The Morgan fingerprint density at radius 1 is 1.27 bits per heavy atom. The molecule has 1 saturated heterocycles. The monoisotopic (exact) mass is 372 g/mol. The van der Waals surface area contributed by atoms with Gasteiger partial charge in [-0.15, -0.1) is 0 Å². The number of nitro benzene ring substituents is 1. The molecule has 26 heavy (non-hydrogen) atoms.